The summed E-state index contributed by atoms with van der Waals surface area (Å²) in [5.74, 6) is 0. The molecule has 0 amide bonds. The van der Waals surface area contributed by atoms with E-state index in [1.54, 1.807) is 0 Å². The summed E-state index contributed by atoms with van der Waals surface area (Å²) in [6.45, 7) is 8.37. The molecule has 0 aromatic heterocycles. The molecule has 0 aliphatic heterocycles. The molecule has 0 heterocycles. The van der Waals surface area contributed by atoms with Crippen LogP contribution in [-0.4, -0.2) is 18.4 Å². The molecule has 3 heteroatoms. The number of anilines is 1. The van der Waals surface area contributed by atoms with Crippen LogP contribution in [0.25, 0.3) is 0 Å². The van der Waals surface area contributed by atoms with Crippen LogP contribution in [0.2, 0.25) is 0 Å². The van der Waals surface area contributed by atoms with Crippen molar-refractivity contribution in [1.82, 2.24) is 0 Å². The van der Waals surface area contributed by atoms with Gasteiger partial charge in [0.25, 0.3) is 0 Å². The number of nitrogens with zero attached hydrogens (tertiary/aromatic N) is 2. The summed E-state index contributed by atoms with van der Waals surface area (Å²) < 4.78 is 0. The molecule has 0 unspecified atom stereocenters. The fraction of sp³-hybridized carbons (Fsp3) is 0.462. The van der Waals surface area contributed by atoms with Crippen LogP contribution < -0.4 is 23.8 Å². The van der Waals surface area contributed by atoms with E-state index in [0.29, 0.717) is 6.04 Å². The van der Waals surface area contributed by atoms with Gasteiger partial charge in [0.1, 0.15) is 0 Å². The third kappa shape index (κ3) is 4.87. The summed E-state index contributed by atoms with van der Waals surface area (Å²) >= 11 is 0. The molecule has 0 atom stereocenters. The zero-order valence-electron chi connectivity index (χ0n) is 10.9. The second-order valence-corrected chi connectivity index (χ2v) is 4.12. The summed E-state index contributed by atoms with van der Waals surface area (Å²) in [5.41, 5.74) is 1.14. The van der Waals surface area contributed by atoms with Crippen LogP contribution in [0.5, 0.6) is 0 Å². The quantitative estimate of drug-likeness (QED) is 0.228. The van der Waals surface area contributed by atoms with Crippen LogP contribution >= 0.6 is 0 Å². The van der Waals surface area contributed by atoms with Gasteiger partial charge in [0, 0.05) is 6.04 Å². The van der Waals surface area contributed by atoms with E-state index in [1.807, 2.05) is 18.2 Å². The average Bonchev–Trinajstić information content (AvgIpc) is 2.18. The van der Waals surface area contributed by atoms with Crippen LogP contribution in [0.15, 0.2) is 35.3 Å². The molecule has 0 aliphatic rings. The Bertz CT molecular complexity index is 307. The van der Waals surface area contributed by atoms with E-state index in [9.17, 15) is 0 Å². The summed E-state index contributed by atoms with van der Waals surface area (Å²) in [4.78, 5) is 6.35. The van der Waals surface area contributed by atoms with Gasteiger partial charge >= 0.3 is 18.9 Å². The summed E-state index contributed by atoms with van der Waals surface area (Å²) in [5, 5.41) is 0. The molecule has 1 aromatic carbocycles. The van der Waals surface area contributed by atoms with Crippen LogP contribution in [0.4, 0.5) is 5.69 Å². The molecule has 82 valence electrons. The molecule has 0 bridgehead atoms. The molecular weight excluding hydrogens is 191 g/mol. The van der Waals surface area contributed by atoms with Gasteiger partial charge in [-0.25, -0.2) is 0 Å². The monoisotopic (exact) mass is 210 g/mol. The molecule has 0 aliphatic carbocycles. The third-order valence-electron chi connectivity index (χ3n) is 1.97. The normalized spacial score (nSPS) is 10.9. The van der Waals surface area contributed by atoms with Crippen LogP contribution in [0.3, 0.4) is 0 Å². The fourth-order valence-corrected chi connectivity index (χ4v) is 1.24. The Morgan fingerprint density at radius 3 is 2.06 bits per heavy atom. The molecule has 0 saturated carbocycles. The largest absolute Gasteiger partial charge is 1.00 e. The van der Waals surface area contributed by atoms with Crippen LogP contribution in [0.1, 0.15) is 27.7 Å². The van der Waals surface area contributed by atoms with E-state index >= 15 is 0 Å². The molecule has 2 nitrogen and oxygen atoms in total. The van der Waals surface area contributed by atoms with E-state index < -0.39 is 0 Å². The molecular formula is C13H19LiN2. The Morgan fingerprint density at radius 2 is 1.62 bits per heavy atom. The van der Waals surface area contributed by atoms with Crippen molar-refractivity contribution in [2.24, 2.45) is 4.99 Å². The number of para-hydroxylation sites is 1. The zero-order valence-corrected chi connectivity index (χ0v) is 10.9. The van der Waals surface area contributed by atoms with Crippen molar-refractivity contribution >= 4 is 12.0 Å². The van der Waals surface area contributed by atoms with E-state index in [-0.39, 0.29) is 24.9 Å². The van der Waals surface area contributed by atoms with Gasteiger partial charge in [-0.05, 0) is 33.7 Å². The second kappa shape index (κ2) is 7.54. The molecule has 0 N–H and O–H groups in total. The molecule has 0 spiro atoms. The minimum atomic E-state index is 0. The Morgan fingerprint density at radius 1 is 1.06 bits per heavy atom. The minimum absolute atomic E-state index is 0. The number of benzene rings is 1. The predicted molar refractivity (Wildman–Crippen MR) is 66.6 cm³/mol. The first-order valence-electron chi connectivity index (χ1n) is 5.41. The van der Waals surface area contributed by atoms with E-state index in [4.69, 9.17) is 0 Å². The number of hydrogen-bond donors (Lipinski definition) is 0. The molecule has 0 fully saturated rings. The summed E-state index contributed by atoms with van der Waals surface area (Å²) in [6, 6.07) is 10.9. The first-order valence-corrected chi connectivity index (χ1v) is 5.41. The maximum atomic E-state index is 4.30. The molecule has 0 saturated heterocycles. The SMILES string of the molecule is CC(C)N=[C-]N(c1ccccc1)C(C)C.[Li+]. The van der Waals surface area contributed by atoms with Crippen molar-refractivity contribution < 1.29 is 18.9 Å². The number of rotatable bonds is 4. The van der Waals surface area contributed by atoms with Gasteiger partial charge in [0.15, 0.2) is 0 Å². The first kappa shape index (κ1) is 15.3. The third-order valence-corrected chi connectivity index (χ3v) is 1.97. The first-order chi connectivity index (χ1) is 7.11. The van der Waals surface area contributed by atoms with Crippen molar-refractivity contribution in [2.45, 2.75) is 39.8 Å². The fourth-order valence-electron chi connectivity index (χ4n) is 1.24. The van der Waals surface area contributed by atoms with Crippen molar-refractivity contribution in [3.63, 3.8) is 0 Å². The maximum absolute atomic E-state index is 4.30. The zero-order chi connectivity index (χ0) is 11.3. The molecule has 1 rings (SSSR count). The number of hydrogen-bond acceptors (Lipinski definition) is 1. The minimum Gasteiger partial charge on any atom is -0.493 e. The van der Waals surface area contributed by atoms with Crippen LogP contribution in [-0.2, 0) is 0 Å². The Hall–Kier alpha value is -0.713. The predicted octanol–water partition coefficient (Wildman–Crippen LogP) is 0.219. The van der Waals surface area contributed by atoms with Gasteiger partial charge in [0.2, 0.25) is 0 Å². The van der Waals surface area contributed by atoms with Gasteiger partial charge in [-0.15, -0.1) is 17.8 Å². The van der Waals surface area contributed by atoms with Gasteiger partial charge in [-0.2, -0.15) is 0 Å². The van der Waals surface area contributed by atoms with Crippen molar-refractivity contribution in [3.8, 4) is 0 Å². The smallest absolute Gasteiger partial charge is 0.493 e. The Kier molecular flexibility index (Phi) is 7.21. The Labute approximate surface area is 111 Å². The van der Waals surface area contributed by atoms with Crippen molar-refractivity contribution in [3.05, 3.63) is 30.3 Å². The van der Waals surface area contributed by atoms with Crippen molar-refractivity contribution in [2.75, 3.05) is 4.90 Å². The molecule has 16 heavy (non-hydrogen) atoms. The van der Waals surface area contributed by atoms with E-state index in [2.05, 4.69) is 56.1 Å². The average molecular weight is 210 g/mol. The number of aliphatic imine (C=N–C) groups is 1. The van der Waals surface area contributed by atoms with Gasteiger partial charge in [-0.1, -0.05) is 24.5 Å². The topological polar surface area (TPSA) is 15.6 Å². The molecule has 1 aromatic rings. The summed E-state index contributed by atoms with van der Waals surface area (Å²) in [7, 11) is 0. The van der Waals surface area contributed by atoms with Gasteiger partial charge in [0.05, 0.1) is 0 Å². The molecule has 0 radical (unpaired) electrons. The van der Waals surface area contributed by atoms with Gasteiger partial charge < -0.3 is 9.89 Å². The maximum Gasteiger partial charge on any atom is 1.00 e. The van der Waals surface area contributed by atoms with Crippen LogP contribution in [0, 0.1) is 0 Å². The standard InChI is InChI=1S/C13H19N2.Li/c1-11(2)14-10-15(12(3)4)13-8-6-5-7-9-13;/h5-9,11-12H,1-4H3;/q-1;+1. The van der Waals surface area contributed by atoms with E-state index in [0.717, 1.165) is 5.69 Å². The van der Waals surface area contributed by atoms with E-state index in [1.165, 1.54) is 0 Å². The summed E-state index contributed by atoms with van der Waals surface area (Å²) in [6.07, 6.45) is 3.09. The van der Waals surface area contributed by atoms with Gasteiger partial charge in [-0.3, -0.25) is 0 Å². The second-order valence-electron chi connectivity index (χ2n) is 4.12. The Balaban J connectivity index is 0.00000225. The van der Waals surface area contributed by atoms with Crippen molar-refractivity contribution in [1.29, 1.82) is 0 Å².